The second-order valence-corrected chi connectivity index (χ2v) is 45.8. The number of aliphatic hydroxyl groups is 1. The molecule has 5 atom stereocenters. The van der Waals surface area contributed by atoms with Gasteiger partial charge in [0.2, 0.25) is 0 Å². The third-order valence-corrected chi connectivity index (χ3v) is 26.2. The molecule has 9 rings (SSSR count). The van der Waals surface area contributed by atoms with Gasteiger partial charge in [0.25, 0.3) is 0 Å². The molecule has 0 spiro atoms. The Morgan fingerprint density at radius 3 is 1.13 bits per heavy atom. The zero-order valence-corrected chi connectivity index (χ0v) is 90.1. The maximum Gasteiger partial charge on any atom is 0.401 e. The van der Waals surface area contributed by atoms with Gasteiger partial charge in [0, 0.05) is 126 Å². The first-order valence-corrected chi connectivity index (χ1v) is 51.9. The van der Waals surface area contributed by atoms with Crippen molar-refractivity contribution in [3.63, 3.8) is 0 Å². The zero-order chi connectivity index (χ0) is 96.1. The van der Waals surface area contributed by atoms with E-state index in [0.29, 0.717) is 29.6 Å². The van der Waals surface area contributed by atoms with Crippen molar-refractivity contribution < 1.29 is 31.4 Å². The zero-order valence-electron chi connectivity index (χ0n) is 90.1. The third kappa shape index (κ3) is 69.8. The molecule has 0 amide bonds. The molecule has 5 unspecified atom stereocenters. The molecule has 13 nitrogen and oxygen atoms in total. The summed E-state index contributed by atoms with van der Waals surface area (Å²) in [6.45, 7) is 109. The molecule has 0 aromatic rings. The van der Waals surface area contributed by atoms with E-state index in [4.69, 9.17) is 0 Å². The van der Waals surface area contributed by atoms with Gasteiger partial charge < -0.3 is 45.1 Å². The number of nitrogens with one attached hydrogen (secondary N) is 2. The Hall–Kier alpha value is -0.940. The van der Waals surface area contributed by atoms with Crippen molar-refractivity contribution in [2.24, 2.45) is 76.9 Å². The van der Waals surface area contributed by atoms with Crippen LogP contribution in [0.15, 0.2) is 0 Å². The number of hydrogen-bond acceptors (Lipinski definition) is 13. The number of alkyl halides is 6. The SMILES string of the molecule is C.C.CC(C)C(C)N1CCCCC1.CC(C)C(C)N1CCCCC1(C)C.CC(C)C(C)N1CCCCC1C.CC(C)CN1CC(C(F)(F)F)C1.CC(C)CN1CC(C)(O)C1.CC(C)CN1CC(C)C1.CC(C)CN1CCCCC1.CC(C)CN1CCCCC1(C)C.CC(C)CNCC(F)(F)F.CC(C)N1CCCCC1.CCN(C)CC(C)C.CCNC(C)C(C)C. The van der Waals surface area contributed by atoms with E-state index >= 15 is 0 Å². The highest BCUT2D eigenvalue weighted by atomic mass is 19.4. The molecule has 0 aliphatic carbocycles. The summed E-state index contributed by atoms with van der Waals surface area (Å²) in [5.41, 5.74) is 0.499. The lowest BCUT2D eigenvalue weighted by molar-refractivity contribution is -0.209. The first-order chi connectivity index (χ1) is 57.2. The van der Waals surface area contributed by atoms with Crippen LogP contribution in [0.2, 0.25) is 0 Å². The second kappa shape index (κ2) is 72.4. The van der Waals surface area contributed by atoms with Crippen LogP contribution in [0, 0.1) is 76.9 Å². The molecule has 9 aliphatic heterocycles. The van der Waals surface area contributed by atoms with Gasteiger partial charge in [-0.3, -0.25) is 19.6 Å². The Labute approximate surface area is 786 Å². The number of likely N-dealkylation sites (tertiary alicyclic amines) is 9. The topological polar surface area (TPSA) is 76.7 Å². The van der Waals surface area contributed by atoms with E-state index in [-0.39, 0.29) is 33.9 Å². The van der Waals surface area contributed by atoms with Crippen LogP contribution in [0.25, 0.3) is 0 Å². The predicted octanol–water partition coefficient (Wildman–Crippen LogP) is 26.4. The molecule has 126 heavy (non-hydrogen) atoms. The quantitative estimate of drug-likeness (QED) is 0.0721. The van der Waals surface area contributed by atoms with Crippen LogP contribution < -0.4 is 10.6 Å². The summed E-state index contributed by atoms with van der Waals surface area (Å²) in [5, 5.41) is 15.0. The molecule has 9 fully saturated rings. The molecule has 0 radical (unpaired) electrons. The highest BCUT2D eigenvalue weighted by Gasteiger charge is 2.47. The number of halogens is 6. The van der Waals surface area contributed by atoms with Crippen molar-refractivity contribution >= 4 is 0 Å². The van der Waals surface area contributed by atoms with Gasteiger partial charge in [-0.1, -0.05) is 226 Å². The lowest BCUT2D eigenvalue weighted by Crippen LogP contribution is -2.60. The largest absolute Gasteiger partial charge is 0.401 e. The van der Waals surface area contributed by atoms with Gasteiger partial charge in [-0.25, -0.2) is 0 Å². The van der Waals surface area contributed by atoms with Crippen LogP contribution in [0.5, 0.6) is 0 Å². The van der Waals surface area contributed by atoms with Crippen molar-refractivity contribution in [2.45, 2.75) is 452 Å². The minimum Gasteiger partial charge on any atom is -0.388 e. The number of nitrogens with zero attached hydrogens (tertiary/aromatic N) is 10. The van der Waals surface area contributed by atoms with Gasteiger partial charge >= 0.3 is 12.4 Å². The van der Waals surface area contributed by atoms with Gasteiger partial charge in [-0.15, -0.1) is 0 Å². The Kier molecular flexibility index (Phi) is 76.8. The van der Waals surface area contributed by atoms with E-state index in [9.17, 15) is 31.4 Å². The smallest absolute Gasteiger partial charge is 0.388 e. The molecule has 9 aliphatic rings. The molecular weight excluding hydrogens is 1580 g/mol. The van der Waals surface area contributed by atoms with E-state index in [1.165, 1.54) is 214 Å². The Bertz CT molecular complexity index is 2370. The summed E-state index contributed by atoms with van der Waals surface area (Å²) in [6.07, 6.45) is 17.4. The molecule has 0 aromatic carbocycles. The van der Waals surface area contributed by atoms with Crippen molar-refractivity contribution in [3.05, 3.63) is 0 Å². The van der Waals surface area contributed by atoms with E-state index in [0.717, 1.165) is 129 Å². The van der Waals surface area contributed by atoms with E-state index < -0.39 is 30.4 Å². The number of piperidine rings is 6. The summed E-state index contributed by atoms with van der Waals surface area (Å²) in [5.74, 6) is 7.78. The minimum absolute atomic E-state index is 0. The van der Waals surface area contributed by atoms with E-state index in [1.807, 2.05) is 39.5 Å². The second-order valence-electron chi connectivity index (χ2n) is 45.8. The van der Waals surface area contributed by atoms with Crippen molar-refractivity contribution in [3.8, 4) is 0 Å². The Morgan fingerprint density at radius 1 is 0.413 bits per heavy atom. The summed E-state index contributed by atoms with van der Waals surface area (Å²) in [6, 6.07) is 4.53. The lowest BCUT2D eigenvalue weighted by Gasteiger charge is -2.47. The van der Waals surface area contributed by atoms with Crippen LogP contribution in [0.1, 0.15) is 387 Å². The molecule has 3 N–H and O–H groups in total. The maximum atomic E-state index is 12.0. The fourth-order valence-electron chi connectivity index (χ4n) is 17.8. The number of rotatable bonds is 26. The fraction of sp³-hybridized carbons (Fsp3) is 1.00. The van der Waals surface area contributed by atoms with Gasteiger partial charge in [-0.2, -0.15) is 26.3 Å². The molecular formula is C107H230F6N12O. The van der Waals surface area contributed by atoms with Gasteiger partial charge in [0.15, 0.2) is 0 Å². The van der Waals surface area contributed by atoms with E-state index in [2.05, 4.69) is 283 Å². The summed E-state index contributed by atoms with van der Waals surface area (Å²) < 4.78 is 70.3. The number of hydrogen-bond donors (Lipinski definition) is 3. The minimum atomic E-state index is -4.07. The molecule has 0 saturated carbocycles. The van der Waals surface area contributed by atoms with Gasteiger partial charge in [0.1, 0.15) is 0 Å². The highest BCUT2D eigenvalue weighted by Crippen LogP contribution is 2.35. The average molecular weight is 1820 g/mol. The van der Waals surface area contributed by atoms with Crippen molar-refractivity contribution in [1.29, 1.82) is 0 Å². The van der Waals surface area contributed by atoms with Crippen molar-refractivity contribution in [1.82, 2.24) is 59.6 Å². The predicted molar refractivity (Wildman–Crippen MR) is 549 cm³/mol. The molecule has 9 saturated heterocycles. The molecule has 766 valence electrons. The summed E-state index contributed by atoms with van der Waals surface area (Å²) in [7, 11) is 2.15. The van der Waals surface area contributed by atoms with Crippen LogP contribution in [0.3, 0.4) is 0 Å². The standard InChI is InChI=1S/C12H25N.2C11H23N.C10H21N.C9H19N.C8H14F3N.C8H17NO.2C8H17N.2C7H17N.C6H12F3N.2CH4/c1-10(2)11(3)13-9-7-6-8-12(13,4)5;1-10(2)9-12-8-6-5-7-11(12,3)4;1-9(2)11(4)12-8-6-5-7-10(12)3;1-9(2)10(3)11-7-5-4-6-8-11;1-9(2)8-10-6-4-3-5-7-10;1-6(2)3-12-4-7(5-12)8(9,10)11;1-7(2)4-9-5-8(3,10)6-9;1-7(2)4-9-5-8(3)6-9;1-8(2)9-6-4-3-5-7-9;1-5-8(4)6-7(2)3;1-5-8-7(4)6(2)3;1-5(2)3-10-4-6(7,8)9;;/h10-11H,6-9H2,1-5H3;10H,5-9H2,1-4H3;9-11H,5-8H2,1-4H3;9-10H,4-8H2,1-3H3;9H,3-8H2,1-2H3;6-7H,3-5H2,1-2H3;7,10H,4-6H2,1-3H3;7-8H,4-6H2,1-3H3;8H,3-7H2,1-2H3;7H,5-6H2,1-4H3;6-8H,5H2,1-4H3;5,10H,3-4H2,1-2H3;2*1H4. The van der Waals surface area contributed by atoms with Gasteiger partial charge in [-0.05, 0) is 317 Å². The maximum absolute atomic E-state index is 12.0. The lowest BCUT2D eigenvalue weighted by atomic mass is 9.87. The van der Waals surface area contributed by atoms with Crippen molar-refractivity contribution in [2.75, 3.05) is 171 Å². The summed E-state index contributed by atoms with van der Waals surface area (Å²) >= 11 is 0. The molecule has 9 heterocycles. The molecule has 19 heteroatoms. The number of β-amino-alcohol motifs (C(OH)–C–C–N with tert-alkyl or cyclic N) is 1. The van der Waals surface area contributed by atoms with Crippen LogP contribution >= 0.6 is 0 Å². The molecule has 0 bridgehead atoms. The summed E-state index contributed by atoms with van der Waals surface area (Å²) in [4.78, 5) is 24.8. The first-order valence-electron chi connectivity index (χ1n) is 51.9. The highest BCUT2D eigenvalue weighted by molar-refractivity contribution is 4.93. The monoisotopic (exact) mass is 1810 g/mol. The van der Waals surface area contributed by atoms with Crippen LogP contribution in [0.4, 0.5) is 26.3 Å². The fourth-order valence-corrected chi connectivity index (χ4v) is 17.8. The molecule has 0 aromatic heterocycles. The van der Waals surface area contributed by atoms with Gasteiger partial charge in [0.05, 0.1) is 18.1 Å². The Balaban J connectivity index is -0.000000423. The van der Waals surface area contributed by atoms with E-state index in [1.54, 1.807) is 0 Å². The average Bonchev–Trinajstić information content (AvgIpc) is 0.826. The Morgan fingerprint density at radius 2 is 0.810 bits per heavy atom. The normalized spacial score (nSPS) is 21.6. The van der Waals surface area contributed by atoms with Crippen LogP contribution in [-0.2, 0) is 0 Å². The first kappa shape index (κ1) is 134. The third-order valence-electron chi connectivity index (χ3n) is 26.2. The van der Waals surface area contributed by atoms with Crippen LogP contribution in [-0.4, -0.2) is 290 Å².